The number of rotatable bonds is 8. The van der Waals surface area contributed by atoms with Crippen LogP contribution in [0.15, 0.2) is 41.4 Å². The summed E-state index contributed by atoms with van der Waals surface area (Å²) in [5, 5.41) is 5.71. The van der Waals surface area contributed by atoms with Crippen LogP contribution in [0.1, 0.15) is 18.1 Å². The van der Waals surface area contributed by atoms with E-state index in [1.807, 2.05) is 6.92 Å². The normalized spacial score (nSPS) is 12.0. The van der Waals surface area contributed by atoms with Gasteiger partial charge >= 0.3 is 0 Å². The minimum atomic E-state index is -3.73. The molecule has 0 aromatic heterocycles. The number of sulfonamides is 1. The van der Waals surface area contributed by atoms with Crippen LogP contribution < -0.4 is 15.4 Å². The first-order valence-corrected chi connectivity index (χ1v) is 10.6. The van der Waals surface area contributed by atoms with E-state index in [0.29, 0.717) is 12.1 Å². The lowest BCUT2D eigenvalue weighted by Gasteiger charge is -2.13. The van der Waals surface area contributed by atoms with Crippen molar-refractivity contribution in [1.29, 1.82) is 0 Å². The minimum Gasteiger partial charge on any atom is -0.357 e. The molecule has 0 heterocycles. The topological polar surface area (TPSA) is 82.6 Å². The maximum absolute atomic E-state index is 13.7. The molecule has 3 N–H and O–H groups in total. The van der Waals surface area contributed by atoms with E-state index in [9.17, 15) is 21.6 Å². The van der Waals surface area contributed by atoms with Gasteiger partial charge in [0.15, 0.2) is 5.96 Å². The number of nitrogens with one attached hydrogen (secondary N) is 3. The number of anilines is 1. The Bertz CT molecular complexity index is 981. The molecule has 10 heteroatoms. The Morgan fingerprint density at radius 3 is 2.48 bits per heavy atom. The summed E-state index contributed by atoms with van der Waals surface area (Å²) in [5.74, 6) is -1.70. The molecule has 2 aromatic rings. The van der Waals surface area contributed by atoms with Gasteiger partial charge in [-0.2, -0.15) is 0 Å². The van der Waals surface area contributed by atoms with Crippen molar-refractivity contribution in [3.8, 4) is 0 Å². The van der Waals surface area contributed by atoms with Crippen LogP contribution in [0.5, 0.6) is 0 Å². The second-order valence-electron chi connectivity index (χ2n) is 6.24. The average Bonchev–Trinajstić information content (AvgIpc) is 2.65. The molecule has 0 radical (unpaired) electrons. The van der Waals surface area contributed by atoms with E-state index in [0.717, 1.165) is 24.3 Å². The standard InChI is InChI=1S/C19H23F3N4O2S/c1-3-23-19(25-12-14-10-15(20)5-7-17(14)21)24-8-9-29(27,28)26-16-6-4-13(2)18(22)11-16/h4-7,10-11,26H,3,8-9,12H2,1-2H3,(H2,23,24,25). The number of hydrogen-bond donors (Lipinski definition) is 3. The Hall–Kier alpha value is -2.75. The largest absolute Gasteiger partial charge is 0.357 e. The van der Waals surface area contributed by atoms with Gasteiger partial charge in [0.2, 0.25) is 10.0 Å². The molecule has 29 heavy (non-hydrogen) atoms. The number of benzene rings is 2. The van der Waals surface area contributed by atoms with Crippen molar-refractivity contribution < 1.29 is 21.6 Å². The zero-order valence-electron chi connectivity index (χ0n) is 16.1. The minimum absolute atomic E-state index is 0.00113. The van der Waals surface area contributed by atoms with E-state index in [1.54, 1.807) is 6.92 Å². The Morgan fingerprint density at radius 2 is 1.79 bits per heavy atom. The third-order valence-corrected chi connectivity index (χ3v) is 5.16. The number of nitrogens with zero attached hydrogens (tertiary/aromatic N) is 1. The second-order valence-corrected chi connectivity index (χ2v) is 8.08. The molecule has 0 aliphatic rings. The molecule has 0 bridgehead atoms. The molecule has 0 unspecified atom stereocenters. The molecule has 0 spiro atoms. The summed E-state index contributed by atoms with van der Waals surface area (Å²) in [6.07, 6.45) is 0. The maximum atomic E-state index is 13.7. The zero-order valence-corrected chi connectivity index (χ0v) is 16.9. The molecule has 0 fully saturated rings. The fourth-order valence-corrected chi connectivity index (χ4v) is 3.32. The number of guanidine groups is 1. The van der Waals surface area contributed by atoms with Crippen molar-refractivity contribution in [2.75, 3.05) is 23.6 Å². The van der Waals surface area contributed by atoms with Crippen LogP contribution in [0.25, 0.3) is 0 Å². The SMILES string of the molecule is CCNC(=NCc1cc(F)ccc1F)NCCS(=O)(=O)Nc1ccc(C)c(F)c1. The molecule has 2 aromatic carbocycles. The predicted octanol–water partition coefficient (Wildman–Crippen LogP) is 2.91. The highest BCUT2D eigenvalue weighted by atomic mass is 32.2. The first kappa shape index (κ1) is 22.5. The van der Waals surface area contributed by atoms with Gasteiger partial charge < -0.3 is 10.6 Å². The number of hydrogen-bond acceptors (Lipinski definition) is 3. The van der Waals surface area contributed by atoms with Crippen LogP contribution in [0.4, 0.5) is 18.9 Å². The highest BCUT2D eigenvalue weighted by Gasteiger charge is 2.12. The van der Waals surface area contributed by atoms with Crippen molar-refractivity contribution in [2.45, 2.75) is 20.4 Å². The van der Waals surface area contributed by atoms with E-state index in [1.165, 1.54) is 12.1 Å². The smallest absolute Gasteiger partial charge is 0.234 e. The predicted molar refractivity (Wildman–Crippen MR) is 108 cm³/mol. The quantitative estimate of drug-likeness (QED) is 0.446. The van der Waals surface area contributed by atoms with Crippen LogP contribution in [0.3, 0.4) is 0 Å². The van der Waals surface area contributed by atoms with E-state index in [4.69, 9.17) is 0 Å². The zero-order chi connectivity index (χ0) is 21.4. The van der Waals surface area contributed by atoms with Gasteiger partial charge in [0.1, 0.15) is 17.5 Å². The van der Waals surface area contributed by atoms with Gasteiger partial charge in [-0.1, -0.05) is 6.07 Å². The fraction of sp³-hybridized carbons (Fsp3) is 0.316. The molecule has 0 aliphatic heterocycles. The molecule has 0 atom stereocenters. The average molecular weight is 428 g/mol. The molecule has 0 saturated heterocycles. The van der Waals surface area contributed by atoms with Crippen LogP contribution in [-0.4, -0.2) is 33.2 Å². The lowest BCUT2D eigenvalue weighted by molar-refractivity contribution is 0.585. The van der Waals surface area contributed by atoms with Gasteiger partial charge in [-0.3, -0.25) is 4.72 Å². The summed E-state index contributed by atoms with van der Waals surface area (Å²) in [7, 11) is -3.73. The van der Waals surface area contributed by atoms with Gasteiger partial charge in [0, 0.05) is 18.7 Å². The van der Waals surface area contributed by atoms with E-state index < -0.39 is 27.5 Å². The van der Waals surface area contributed by atoms with Crippen molar-refractivity contribution in [1.82, 2.24) is 10.6 Å². The number of halogens is 3. The lowest BCUT2D eigenvalue weighted by Crippen LogP contribution is -2.40. The molecule has 158 valence electrons. The first-order valence-electron chi connectivity index (χ1n) is 8.93. The summed E-state index contributed by atoms with van der Waals surface area (Å²) in [6.45, 7) is 3.76. The van der Waals surface area contributed by atoms with E-state index in [2.05, 4.69) is 20.3 Å². The van der Waals surface area contributed by atoms with Crippen LogP contribution in [0.2, 0.25) is 0 Å². The molecule has 0 saturated carbocycles. The summed E-state index contributed by atoms with van der Waals surface area (Å²) < 4.78 is 67.1. The van der Waals surface area contributed by atoms with Gasteiger partial charge in [0.05, 0.1) is 18.0 Å². The Kier molecular flexibility index (Phi) is 7.89. The summed E-state index contributed by atoms with van der Waals surface area (Å²) in [5.41, 5.74) is 0.629. The lowest BCUT2D eigenvalue weighted by atomic mass is 10.2. The Morgan fingerprint density at radius 1 is 1.03 bits per heavy atom. The molecule has 6 nitrogen and oxygen atoms in total. The Labute approximate surface area is 168 Å². The third-order valence-electron chi connectivity index (χ3n) is 3.87. The van der Waals surface area contributed by atoms with Crippen molar-refractivity contribution in [3.63, 3.8) is 0 Å². The Balaban J connectivity index is 1.95. The molecule has 0 aliphatic carbocycles. The van der Waals surface area contributed by atoms with Gasteiger partial charge in [-0.25, -0.2) is 26.6 Å². The van der Waals surface area contributed by atoms with Gasteiger partial charge in [-0.15, -0.1) is 0 Å². The summed E-state index contributed by atoms with van der Waals surface area (Å²) in [4.78, 5) is 4.13. The number of aliphatic imine (C=N–C) groups is 1. The van der Waals surface area contributed by atoms with Crippen LogP contribution in [0, 0.1) is 24.4 Å². The van der Waals surface area contributed by atoms with E-state index in [-0.39, 0.29) is 36.1 Å². The maximum Gasteiger partial charge on any atom is 0.234 e. The van der Waals surface area contributed by atoms with E-state index >= 15 is 0 Å². The summed E-state index contributed by atoms with van der Waals surface area (Å²) >= 11 is 0. The van der Waals surface area contributed by atoms with Crippen molar-refractivity contribution >= 4 is 21.7 Å². The first-order chi connectivity index (χ1) is 13.7. The number of aryl methyl sites for hydroxylation is 1. The van der Waals surface area contributed by atoms with Crippen molar-refractivity contribution in [3.05, 3.63) is 65.0 Å². The fourth-order valence-electron chi connectivity index (χ4n) is 2.36. The van der Waals surface area contributed by atoms with Crippen molar-refractivity contribution in [2.24, 2.45) is 4.99 Å². The highest BCUT2D eigenvalue weighted by Crippen LogP contribution is 2.15. The third kappa shape index (κ3) is 7.30. The van der Waals surface area contributed by atoms with Crippen LogP contribution in [-0.2, 0) is 16.6 Å². The monoisotopic (exact) mass is 428 g/mol. The van der Waals surface area contributed by atoms with Crippen LogP contribution >= 0.6 is 0 Å². The highest BCUT2D eigenvalue weighted by molar-refractivity contribution is 7.92. The molecular formula is C19H23F3N4O2S. The second kappa shape index (κ2) is 10.1. The van der Waals surface area contributed by atoms with Gasteiger partial charge in [-0.05, 0) is 49.7 Å². The molecule has 0 amide bonds. The molecule has 2 rings (SSSR count). The molecular weight excluding hydrogens is 405 g/mol. The summed E-state index contributed by atoms with van der Waals surface area (Å²) in [6, 6.07) is 7.16. The van der Waals surface area contributed by atoms with Gasteiger partial charge in [0.25, 0.3) is 0 Å².